The molecule has 8 nitrogen and oxygen atoms in total. The fourth-order valence-corrected chi connectivity index (χ4v) is 4.80. The number of amides is 3. The molecule has 0 fully saturated rings. The number of hydrogen-bond acceptors (Lipinski definition) is 5. The van der Waals surface area contributed by atoms with E-state index >= 15 is 0 Å². The lowest BCUT2D eigenvalue weighted by Crippen LogP contribution is -2.54. The standard InChI is InChI=1S/C34H45N3O5/c1-6-8-9-12-21-37(32(40)29(23-38)36-33(41)42-34(3,4)5)30(26-17-15-24(7-2)16-18-26)31(39)35-28-20-19-25-13-10-11-14-27(25)22-28/h10-11,13-20,22,29-30,38H,6-9,12,21,23H2,1-5H3,(H,35,39)(H,36,41). The summed E-state index contributed by atoms with van der Waals surface area (Å²) in [6.07, 6.45) is 3.55. The Morgan fingerprint density at radius 3 is 2.21 bits per heavy atom. The molecule has 0 bridgehead atoms. The molecular weight excluding hydrogens is 530 g/mol. The highest BCUT2D eigenvalue weighted by Crippen LogP contribution is 2.27. The van der Waals surface area contributed by atoms with E-state index in [1.807, 2.05) is 66.7 Å². The van der Waals surface area contributed by atoms with Crippen LogP contribution < -0.4 is 10.6 Å². The first-order chi connectivity index (χ1) is 20.1. The molecular formula is C34H45N3O5. The van der Waals surface area contributed by atoms with Crippen LogP contribution in [0, 0.1) is 0 Å². The molecule has 0 saturated heterocycles. The van der Waals surface area contributed by atoms with E-state index in [0.29, 0.717) is 17.7 Å². The van der Waals surface area contributed by atoms with E-state index in [1.165, 1.54) is 4.90 Å². The minimum absolute atomic E-state index is 0.274. The van der Waals surface area contributed by atoms with Gasteiger partial charge in [0.25, 0.3) is 5.91 Å². The topological polar surface area (TPSA) is 108 Å². The van der Waals surface area contributed by atoms with Crippen molar-refractivity contribution < 1.29 is 24.2 Å². The first-order valence-electron chi connectivity index (χ1n) is 14.9. The highest BCUT2D eigenvalue weighted by molar-refractivity contribution is 6.00. The van der Waals surface area contributed by atoms with E-state index in [9.17, 15) is 19.5 Å². The Bertz CT molecular complexity index is 1330. The molecule has 3 aromatic carbocycles. The van der Waals surface area contributed by atoms with Gasteiger partial charge in [-0.2, -0.15) is 0 Å². The van der Waals surface area contributed by atoms with E-state index in [4.69, 9.17) is 4.74 Å². The maximum Gasteiger partial charge on any atom is 0.408 e. The number of unbranched alkanes of at least 4 members (excludes halogenated alkanes) is 3. The van der Waals surface area contributed by atoms with Crippen molar-refractivity contribution >= 4 is 34.4 Å². The number of fused-ring (bicyclic) bond motifs is 1. The van der Waals surface area contributed by atoms with Gasteiger partial charge in [-0.3, -0.25) is 9.59 Å². The zero-order valence-corrected chi connectivity index (χ0v) is 25.5. The van der Waals surface area contributed by atoms with E-state index in [0.717, 1.165) is 42.0 Å². The van der Waals surface area contributed by atoms with Gasteiger partial charge in [0, 0.05) is 12.2 Å². The predicted molar refractivity (Wildman–Crippen MR) is 167 cm³/mol. The fourth-order valence-electron chi connectivity index (χ4n) is 4.80. The largest absolute Gasteiger partial charge is 0.444 e. The number of anilines is 1. The van der Waals surface area contributed by atoms with Gasteiger partial charge in [0.05, 0.1) is 6.61 Å². The molecule has 3 aromatic rings. The van der Waals surface area contributed by atoms with Crippen LogP contribution in [0.3, 0.4) is 0 Å². The Kier molecular flexibility index (Phi) is 11.9. The lowest BCUT2D eigenvalue weighted by Gasteiger charge is -2.34. The summed E-state index contributed by atoms with van der Waals surface area (Å²) in [6.45, 7) is 8.94. The summed E-state index contributed by atoms with van der Waals surface area (Å²) in [5.41, 5.74) is 1.57. The third kappa shape index (κ3) is 9.31. The predicted octanol–water partition coefficient (Wildman–Crippen LogP) is 6.38. The molecule has 0 aromatic heterocycles. The summed E-state index contributed by atoms with van der Waals surface area (Å²) in [5.74, 6) is -0.939. The van der Waals surface area contributed by atoms with Crippen molar-refractivity contribution in [3.63, 3.8) is 0 Å². The number of hydrogen-bond donors (Lipinski definition) is 3. The fraction of sp³-hybridized carbons (Fsp3) is 0.441. The molecule has 0 radical (unpaired) electrons. The summed E-state index contributed by atoms with van der Waals surface area (Å²) < 4.78 is 5.33. The first-order valence-corrected chi connectivity index (χ1v) is 14.9. The Hall–Kier alpha value is -3.91. The lowest BCUT2D eigenvalue weighted by molar-refractivity contribution is -0.141. The van der Waals surface area contributed by atoms with Gasteiger partial charge in [0.1, 0.15) is 17.7 Å². The average Bonchev–Trinajstić information content (AvgIpc) is 2.96. The van der Waals surface area contributed by atoms with Crippen LogP contribution in [0.5, 0.6) is 0 Å². The van der Waals surface area contributed by atoms with Gasteiger partial charge in [-0.05, 0) is 67.6 Å². The van der Waals surface area contributed by atoms with Crippen LogP contribution in [0.2, 0.25) is 0 Å². The molecule has 0 aliphatic rings. The molecule has 0 aliphatic heterocycles. The first kappa shape index (κ1) is 32.6. The van der Waals surface area contributed by atoms with Crippen LogP contribution in [0.1, 0.15) is 77.5 Å². The van der Waals surface area contributed by atoms with E-state index < -0.39 is 36.3 Å². The van der Waals surface area contributed by atoms with Gasteiger partial charge in [-0.1, -0.05) is 87.7 Å². The zero-order chi connectivity index (χ0) is 30.7. The van der Waals surface area contributed by atoms with Crippen molar-refractivity contribution in [1.82, 2.24) is 10.2 Å². The van der Waals surface area contributed by atoms with Crippen LogP contribution in [0.25, 0.3) is 10.8 Å². The minimum atomic E-state index is -1.28. The van der Waals surface area contributed by atoms with Gasteiger partial charge in [-0.15, -0.1) is 0 Å². The molecule has 3 N–H and O–H groups in total. The summed E-state index contributed by atoms with van der Waals surface area (Å²) in [4.78, 5) is 42.1. The van der Waals surface area contributed by atoms with Crippen molar-refractivity contribution in [1.29, 1.82) is 0 Å². The number of benzene rings is 3. The summed E-state index contributed by atoms with van der Waals surface area (Å²) in [5, 5.41) is 17.7. The van der Waals surface area contributed by atoms with Crippen LogP contribution in [-0.4, -0.2) is 52.7 Å². The minimum Gasteiger partial charge on any atom is -0.444 e. The molecule has 8 heteroatoms. The molecule has 42 heavy (non-hydrogen) atoms. The molecule has 2 atom stereocenters. The monoisotopic (exact) mass is 575 g/mol. The third-order valence-electron chi connectivity index (χ3n) is 6.99. The third-order valence-corrected chi connectivity index (χ3v) is 6.99. The number of carbonyl (C=O) groups excluding carboxylic acids is 3. The van der Waals surface area contributed by atoms with Crippen molar-refractivity contribution in [3.8, 4) is 0 Å². The second-order valence-corrected chi connectivity index (χ2v) is 11.5. The van der Waals surface area contributed by atoms with Gasteiger partial charge < -0.3 is 25.4 Å². The molecule has 0 saturated carbocycles. The lowest BCUT2D eigenvalue weighted by atomic mass is 9.99. The van der Waals surface area contributed by atoms with Crippen LogP contribution >= 0.6 is 0 Å². The second kappa shape index (κ2) is 15.4. The van der Waals surface area contributed by atoms with Crippen molar-refractivity contribution in [2.24, 2.45) is 0 Å². The number of nitrogens with zero attached hydrogens (tertiary/aromatic N) is 1. The number of nitrogens with one attached hydrogen (secondary N) is 2. The number of aliphatic hydroxyl groups excluding tert-OH is 1. The average molecular weight is 576 g/mol. The van der Waals surface area contributed by atoms with Crippen LogP contribution in [-0.2, 0) is 20.7 Å². The summed E-state index contributed by atoms with van der Waals surface area (Å²) in [7, 11) is 0. The van der Waals surface area contributed by atoms with Crippen LogP contribution in [0.15, 0.2) is 66.7 Å². The summed E-state index contributed by atoms with van der Waals surface area (Å²) >= 11 is 0. The number of carbonyl (C=O) groups is 3. The van der Waals surface area contributed by atoms with Crippen molar-refractivity contribution in [3.05, 3.63) is 77.9 Å². The van der Waals surface area contributed by atoms with Gasteiger partial charge >= 0.3 is 6.09 Å². The van der Waals surface area contributed by atoms with E-state index in [1.54, 1.807) is 20.8 Å². The zero-order valence-electron chi connectivity index (χ0n) is 25.5. The number of aliphatic hydroxyl groups is 1. The SMILES string of the molecule is CCCCCCN(C(=O)C(CO)NC(=O)OC(C)(C)C)C(C(=O)Nc1ccc2ccccc2c1)c1ccc(CC)cc1. The Labute approximate surface area is 249 Å². The Morgan fingerprint density at radius 1 is 0.905 bits per heavy atom. The maximum absolute atomic E-state index is 14.1. The Balaban J connectivity index is 1.99. The van der Waals surface area contributed by atoms with Crippen molar-refractivity contribution in [2.75, 3.05) is 18.5 Å². The smallest absolute Gasteiger partial charge is 0.408 e. The quantitative estimate of drug-likeness (QED) is 0.205. The molecule has 3 rings (SSSR count). The van der Waals surface area contributed by atoms with Crippen molar-refractivity contribution in [2.45, 2.75) is 84.4 Å². The molecule has 0 spiro atoms. The molecule has 2 unspecified atom stereocenters. The normalized spacial score (nSPS) is 12.8. The number of ether oxygens (including phenoxy) is 1. The van der Waals surface area contributed by atoms with Gasteiger partial charge in [0.15, 0.2) is 0 Å². The molecule has 226 valence electrons. The van der Waals surface area contributed by atoms with Crippen LogP contribution in [0.4, 0.5) is 10.5 Å². The molecule has 3 amide bonds. The molecule has 0 aliphatic carbocycles. The van der Waals surface area contributed by atoms with E-state index in [2.05, 4.69) is 24.5 Å². The molecule has 0 heterocycles. The number of alkyl carbamates (subject to hydrolysis) is 1. The van der Waals surface area contributed by atoms with Gasteiger partial charge in [0.2, 0.25) is 5.91 Å². The summed E-state index contributed by atoms with van der Waals surface area (Å²) in [6, 6.07) is 18.9. The Morgan fingerprint density at radius 2 is 1.60 bits per heavy atom. The van der Waals surface area contributed by atoms with E-state index in [-0.39, 0.29) is 12.5 Å². The maximum atomic E-state index is 14.1. The highest BCUT2D eigenvalue weighted by Gasteiger charge is 2.36. The second-order valence-electron chi connectivity index (χ2n) is 11.5. The number of rotatable bonds is 13. The van der Waals surface area contributed by atoms with Gasteiger partial charge in [-0.25, -0.2) is 4.79 Å². The number of aryl methyl sites for hydroxylation is 1. The highest BCUT2D eigenvalue weighted by atomic mass is 16.6.